The van der Waals surface area contributed by atoms with E-state index in [0.717, 1.165) is 11.3 Å². The highest BCUT2D eigenvalue weighted by Gasteiger charge is 2.14. The maximum atomic E-state index is 6.16. The zero-order valence-corrected chi connectivity index (χ0v) is 14.3. The van der Waals surface area contributed by atoms with Crippen molar-refractivity contribution >= 4 is 28.9 Å². The molecule has 0 fully saturated rings. The summed E-state index contributed by atoms with van der Waals surface area (Å²) >= 11 is 12.0. The molecule has 0 saturated heterocycles. The molecule has 0 aromatic heterocycles. The van der Waals surface area contributed by atoms with E-state index in [0.29, 0.717) is 28.1 Å². The third-order valence-electron chi connectivity index (χ3n) is 3.00. The summed E-state index contributed by atoms with van der Waals surface area (Å²) in [6.07, 6.45) is 0.0457. The Bertz CT molecular complexity index is 627. The summed E-state index contributed by atoms with van der Waals surface area (Å²) in [7, 11) is 1.61. The molecule has 0 amide bonds. The Morgan fingerprint density at radius 1 is 1.05 bits per heavy atom. The van der Waals surface area contributed by atoms with E-state index in [-0.39, 0.29) is 6.10 Å². The van der Waals surface area contributed by atoms with Crippen molar-refractivity contribution in [1.29, 1.82) is 0 Å². The number of methoxy groups -OCH3 is 1. The van der Waals surface area contributed by atoms with Gasteiger partial charge < -0.3 is 14.8 Å². The normalized spacial score (nSPS) is 10.6. The van der Waals surface area contributed by atoms with Gasteiger partial charge >= 0.3 is 0 Å². The lowest BCUT2D eigenvalue weighted by Gasteiger charge is -2.18. The largest absolute Gasteiger partial charge is 0.493 e. The molecule has 0 unspecified atom stereocenters. The van der Waals surface area contributed by atoms with Crippen molar-refractivity contribution < 1.29 is 9.47 Å². The second-order valence-corrected chi connectivity index (χ2v) is 6.00. The minimum atomic E-state index is 0.0457. The highest BCUT2D eigenvalue weighted by Crippen LogP contribution is 2.36. The Morgan fingerprint density at radius 2 is 1.73 bits per heavy atom. The van der Waals surface area contributed by atoms with E-state index in [1.165, 1.54) is 0 Å². The number of anilines is 1. The molecule has 0 aliphatic rings. The van der Waals surface area contributed by atoms with E-state index >= 15 is 0 Å². The molecule has 0 heterocycles. The summed E-state index contributed by atoms with van der Waals surface area (Å²) < 4.78 is 11.3. The Morgan fingerprint density at radius 3 is 2.32 bits per heavy atom. The van der Waals surface area contributed by atoms with E-state index in [4.69, 9.17) is 32.7 Å². The van der Waals surface area contributed by atoms with Crippen molar-refractivity contribution in [3.05, 3.63) is 52.0 Å². The van der Waals surface area contributed by atoms with Crippen LogP contribution < -0.4 is 14.8 Å². The predicted octanol–water partition coefficient (Wildman–Crippen LogP) is 5.40. The fraction of sp³-hybridized carbons (Fsp3) is 0.294. The second-order valence-electron chi connectivity index (χ2n) is 5.12. The van der Waals surface area contributed by atoms with Crippen LogP contribution in [-0.4, -0.2) is 13.2 Å². The van der Waals surface area contributed by atoms with Crippen molar-refractivity contribution in [3.8, 4) is 11.5 Å². The molecular weight excluding hydrogens is 321 g/mol. The van der Waals surface area contributed by atoms with E-state index in [1.54, 1.807) is 13.2 Å². The highest BCUT2D eigenvalue weighted by atomic mass is 35.5. The van der Waals surface area contributed by atoms with Crippen LogP contribution in [0, 0.1) is 0 Å². The molecule has 0 aliphatic carbocycles. The molecule has 5 heteroatoms. The first-order chi connectivity index (χ1) is 10.5. The summed E-state index contributed by atoms with van der Waals surface area (Å²) in [5.74, 6) is 1.34. The molecule has 0 bridgehead atoms. The minimum Gasteiger partial charge on any atom is -0.493 e. The molecule has 1 N–H and O–H groups in total. The van der Waals surface area contributed by atoms with Gasteiger partial charge in [-0.25, -0.2) is 0 Å². The third-order valence-corrected chi connectivity index (χ3v) is 3.47. The van der Waals surface area contributed by atoms with Crippen molar-refractivity contribution in [1.82, 2.24) is 0 Å². The summed E-state index contributed by atoms with van der Waals surface area (Å²) in [5, 5.41) is 4.65. The zero-order valence-electron chi connectivity index (χ0n) is 12.8. The van der Waals surface area contributed by atoms with Gasteiger partial charge in [0, 0.05) is 33.9 Å². The molecule has 2 rings (SSSR count). The number of nitrogens with one attached hydrogen (secondary N) is 1. The molecule has 0 aliphatic heterocycles. The molecule has 22 heavy (non-hydrogen) atoms. The van der Waals surface area contributed by atoms with Crippen LogP contribution in [0.4, 0.5) is 5.69 Å². The smallest absolute Gasteiger partial charge is 0.166 e. The lowest BCUT2D eigenvalue weighted by molar-refractivity contribution is 0.228. The van der Waals surface area contributed by atoms with Gasteiger partial charge in [-0.1, -0.05) is 23.2 Å². The standard InChI is InChI=1S/C17H19Cl2NO2/c1-11(2)22-17-12(8-14(19)9-16(17)21-3)10-20-15-6-4-13(18)5-7-15/h4-9,11,20H,10H2,1-3H3. The molecule has 0 radical (unpaired) electrons. The van der Waals surface area contributed by atoms with Crippen LogP contribution in [-0.2, 0) is 6.54 Å². The quantitative estimate of drug-likeness (QED) is 0.764. The first kappa shape index (κ1) is 16.8. The second kappa shape index (κ2) is 7.61. The Labute approximate surface area is 141 Å². The summed E-state index contributed by atoms with van der Waals surface area (Å²) in [5.41, 5.74) is 1.91. The Hall–Kier alpha value is -1.58. The monoisotopic (exact) mass is 339 g/mol. The van der Waals surface area contributed by atoms with Gasteiger partial charge in [-0.2, -0.15) is 0 Å². The average molecular weight is 340 g/mol. The predicted molar refractivity (Wildman–Crippen MR) is 92.5 cm³/mol. The number of ether oxygens (including phenoxy) is 2. The molecular formula is C17H19Cl2NO2. The minimum absolute atomic E-state index is 0.0457. The van der Waals surface area contributed by atoms with E-state index in [2.05, 4.69) is 5.32 Å². The van der Waals surface area contributed by atoms with Gasteiger partial charge in [0.05, 0.1) is 13.2 Å². The van der Waals surface area contributed by atoms with Gasteiger partial charge in [0.25, 0.3) is 0 Å². The van der Waals surface area contributed by atoms with E-state index in [1.807, 2.05) is 44.2 Å². The van der Waals surface area contributed by atoms with Gasteiger partial charge in [0.1, 0.15) is 0 Å². The van der Waals surface area contributed by atoms with Crippen LogP contribution in [0.5, 0.6) is 11.5 Å². The molecule has 2 aromatic rings. The topological polar surface area (TPSA) is 30.5 Å². The van der Waals surface area contributed by atoms with E-state index < -0.39 is 0 Å². The van der Waals surface area contributed by atoms with Crippen LogP contribution in [0.25, 0.3) is 0 Å². The molecule has 0 saturated carbocycles. The number of rotatable bonds is 6. The summed E-state index contributed by atoms with van der Waals surface area (Å²) in [6, 6.07) is 11.2. The van der Waals surface area contributed by atoms with Crippen molar-refractivity contribution in [2.24, 2.45) is 0 Å². The lowest BCUT2D eigenvalue weighted by Crippen LogP contribution is -2.10. The number of hydrogen-bond donors (Lipinski definition) is 1. The summed E-state index contributed by atoms with van der Waals surface area (Å²) in [4.78, 5) is 0. The van der Waals surface area contributed by atoms with Crippen LogP contribution in [0.3, 0.4) is 0 Å². The fourth-order valence-electron chi connectivity index (χ4n) is 2.04. The average Bonchev–Trinajstić information content (AvgIpc) is 2.48. The van der Waals surface area contributed by atoms with Crippen LogP contribution in [0.1, 0.15) is 19.4 Å². The van der Waals surface area contributed by atoms with Gasteiger partial charge in [-0.05, 0) is 44.2 Å². The fourth-order valence-corrected chi connectivity index (χ4v) is 2.40. The zero-order chi connectivity index (χ0) is 16.1. The molecule has 0 atom stereocenters. The van der Waals surface area contributed by atoms with Crippen LogP contribution in [0.15, 0.2) is 36.4 Å². The van der Waals surface area contributed by atoms with E-state index in [9.17, 15) is 0 Å². The van der Waals surface area contributed by atoms with Crippen molar-refractivity contribution in [2.45, 2.75) is 26.5 Å². The Kier molecular flexibility index (Phi) is 5.81. The Balaban J connectivity index is 2.24. The highest BCUT2D eigenvalue weighted by molar-refractivity contribution is 6.31. The molecule has 118 valence electrons. The summed E-state index contributed by atoms with van der Waals surface area (Å²) in [6.45, 7) is 4.52. The van der Waals surface area contributed by atoms with Gasteiger partial charge in [-0.3, -0.25) is 0 Å². The SMILES string of the molecule is COc1cc(Cl)cc(CNc2ccc(Cl)cc2)c1OC(C)C. The van der Waals surface area contributed by atoms with Gasteiger partial charge in [0.15, 0.2) is 11.5 Å². The molecule has 0 spiro atoms. The third kappa shape index (κ3) is 4.46. The van der Waals surface area contributed by atoms with Gasteiger partial charge in [-0.15, -0.1) is 0 Å². The number of halogens is 2. The van der Waals surface area contributed by atoms with Gasteiger partial charge in [0.2, 0.25) is 0 Å². The van der Waals surface area contributed by atoms with Crippen LogP contribution >= 0.6 is 23.2 Å². The number of hydrogen-bond acceptors (Lipinski definition) is 3. The maximum absolute atomic E-state index is 6.16. The first-order valence-corrected chi connectivity index (χ1v) is 7.77. The number of benzene rings is 2. The van der Waals surface area contributed by atoms with Crippen LogP contribution in [0.2, 0.25) is 10.0 Å². The van der Waals surface area contributed by atoms with Crippen molar-refractivity contribution in [2.75, 3.05) is 12.4 Å². The maximum Gasteiger partial charge on any atom is 0.166 e. The first-order valence-electron chi connectivity index (χ1n) is 7.02. The lowest BCUT2D eigenvalue weighted by atomic mass is 10.1. The van der Waals surface area contributed by atoms with Crippen molar-refractivity contribution in [3.63, 3.8) is 0 Å². The molecule has 3 nitrogen and oxygen atoms in total. The molecule has 2 aromatic carbocycles.